The summed E-state index contributed by atoms with van der Waals surface area (Å²) in [7, 11) is 0. The molecule has 1 unspecified atom stereocenters. The van der Waals surface area contributed by atoms with E-state index in [2.05, 4.69) is 34.2 Å². The largest absolute Gasteiger partial charge is 0.324 e. The monoisotopic (exact) mass is 253 g/mol. The van der Waals surface area contributed by atoms with Crippen molar-refractivity contribution in [3.63, 3.8) is 0 Å². The average Bonchev–Trinajstić information content (AvgIpc) is 2.82. The first-order valence-corrected chi connectivity index (χ1v) is 6.83. The highest BCUT2D eigenvalue weighted by Crippen LogP contribution is 2.36. The summed E-state index contributed by atoms with van der Waals surface area (Å²) in [5.41, 5.74) is 10.8. The van der Waals surface area contributed by atoms with Crippen molar-refractivity contribution in [2.24, 2.45) is 5.73 Å². The molecule has 1 heterocycles. The molecule has 0 amide bonds. The number of benzene rings is 1. The minimum atomic E-state index is -0.00934. The van der Waals surface area contributed by atoms with Crippen molar-refractivity contribution in [3.8, 4) is 0 Å². The molecule has 3 rings (SSSR count). The van der Waals surface area contributed by atoms with Gasteiger partial charge in [0.1, 0.15) is 5.82 Å². The molecule has 0 aliphatic heterocycles. The van der Waals surface area contributed by atoms with E-state index in [1.54, 1.807) is 0 Å². The van der Waals surface area contributed by atoms with Gasteiger partial charge in [0, 0.05) is 29.4 Å². The molecule has 19 heavy (non-hydrogen) atoms. The Kier molecular flexibility index (Phi) is 3.07. The predicted octanol–water partition coefficient (Wildman–Crippen LogP) is 2.88. The number of nitrogens with two attached hydrogens (primary N) is 1. The Morgan fingerprint density at radius 2 is 2.11 bits per heavy atom. The maximum absolute atomic E-state index is 5.91. The molecule has 1 aliphatic carbocycles. The third-order valence-corrected chi connectivity index (χ3v) is 3.97. The van der Waals surface area contributed by atoms with Crippen molar-refractivity contribution in [3.05, 3.63) is 58.7 Å². The Labute approximate surface area is 113 Å². The second-order valence-electron chi connectivity index (χ2n) is 5.35. The van der Waals surface area contributed by atoms with Gasteiger partial charge in [0.25, 0.3) is 0 Å². The van der Waals surface area contributed by atoms with Crippen molar-refractivity contribution in [1.82, 2.24) is 9.97 Å². The molecule has 98 valence electrons. The first kappa shape index (κ1) is 12.3. The van der Waals surface area contributed by atoms with E-state index in [4.69, 9.17) is 5.73 Å². The van der Waals surface area contributed by atoms with Crippen LogP contribution in [0.2, 0.25) is 0 Å². The fraction of sp³-hybridized carbons (Fsp3) is 0.375. The van der Waals surface area contributed by atoms with Gasteiger partial charge >= 0.3 is 0 Å². The van der Waals surface area contributed by atoms with Crippen LogP contribution in [0, 0.1) is 6.92 Å². The molecule has 2 aromatic rings. The lowest BCUT2D eigenvalue weighted by molar-refractivity contribution is 0.705. The van der Waals surface area contributed by atoms with Crippen molar-refractivity contribution in [2.75, 3.05) is 0 Å². The van der Waals surface area contributed by atoms with Crippen molar-refractivity contribution >= 4 is 0 Å². The lowest BCUT2D eigenvalue weighted by Gasteiger charge is -2.14. The van der Waals surface area contributed by atoms with Gasteiger partial charge in [-0.2, -0.15) is 0 Å². The Hall–Kier alpha value is -1.74. The zero-order valence-corrected chi connectivity index (χ0v) is 11.4. The van der Waals surface area contributed by atoms with E-state index in [-0.39, 0.29) is 6.04 Å². The second kappa shape index (κ2) is 4.74. The van der Waals surface area contributed by atoms with Gasteiger partial charge in [0.05, 0.1) is 0 Å². The molecule has 2 atom stereocenters. The van der Waals surface area contributed by atoms with Crippen LogP contribution in [0.15, 0.2) is 30.5 Å². The van der Waals surface area contributed by atoms with Crippen LogP contribution in [-0.2, 0) is 6.42 Å². The summed E-state index contributed by atoms with van der Waals surface area (Å²) in [6, 6.07) is 8.60. The summed E-state index contributed by atoms with van der Waals surface area (Å²) >= 11 is 0. The summed E-state index contributed by atoms with van der Waals surface area (Å²) in [4.78, 5) is 9.23. The Morgan fingerprint density at radius 1 is 1.32 bits per heavy atom. The SMILES string of the molecule is Cc1nc(C2CCc3ccccc32)ncc1[C@H](C)N. The number of fused-ring (bicyclic) bond motifs is 1. The van der Waals surface area contributed by atoms with Crippen LogP contribution in [0.25, 0.3) is 0 Å². The third kappa shape index (κ3) is 2.15. The number of nitrogens with zero attached hydrogens (tertiary/aromatic N) is 2. The van der Waals surface area contributed by atoms with E-state index < -0.39 is 0 Å². The smallest absolute Gasteiger partial charge is 0.136 e. The normalized spacial score (nSPS) is 19.2. The lowest BCUT2D eigenvalue weighted by atomic mass is 10.00. The van der Waals surface area contributed by atoms with Gasteiger partial charge in [-0.05, 0) is 37.8 Å². The third-order valence-electron chi connectivity index (χ3n) is 3.97. The summed E-state index contributed by atoms with van der Waals surface area (Å²) in [5, 5.41) is 0. The molecule has 0 saturated heterocycles. The molecule has 0 radical (unpaired) electrons. The lowest BCUT2D eigenvalue weighted by Crippen LogP contribution is -2.12. The average molecular weight is 253 g/mol. The van der Waals surface area contributed by atoms with Gasteiger partial charge in [-0.15, -0.1) is 0 Å². The van der Waals surface area contributed by atoms with Crippen LogP contribution in [0.1, 0.15) is 53.5 Å². The maximum atomic E-state index is 5.91. The molecule has 1 aromatic heterocycles. The number of hydrogen-bond donors (Lipinski definition) is 1. The van der Waals surface area contributed by atoms with Crippen LogP contribution in [0.4, 0.5) is 0 Å². The maximum Gasteiger partial charge on any atom is 0.136 e. The Balaban J connectivity index is 1.99. The molecule has 0 bridgehead atoms. The summed E-state index contributed by atoms with van der Waals surface area (Å²) < 4.78 is 0. The molecule has 0 saturated carbocycles. The summed E-state index contributed by atoms with van der Waals surface area (Å²) in [6.45, 7) is 3.99. The van der Waals surface area contributed by atoms with Gasteiger partial charge in [-0.3, -0.25) is 0 Å². The van der Waals surface area contributed by atoms with Crippen LogP contribution < -0.4 is 5.73 Å². The number of aryl methyl sites for hydroxylation is 2. The molecule has 0 spiro atoms. The van der Waals surface area contributed by atoms with Crippen LogP contribution in [0.5, 0.6) is 0 Å². The first-order chi connectivity index (χ1) is 9.16. The van der Waals surface area contributed by atoms with Crippen molar-refractivity contribution < 1.29 is 0 Å². The van der Waals surface area contributed by atoms with Crippen molar-refractivity contribution in [1.29, 1.82) is 0 Å². The molecule has 0 fully saturated rings. The van der Waals surface area contributed by atoms with Gasteiger partial charge in [-0.25, -0.2) is 9.97 Å². The zero-order valence-electron chi connectivity index (χ0n) is 11.4. The summed E-state index contributed by atoms with van der Waals surface area (Å²) in [5.74, 6) is 1.28. The van der Waals surface area contributed by atoms with Gasteiger partial charge < -0.3 is 5.73 Å². The van der Waals surface area contributed by atoms with Crippen LogP contribution in [0.3, 0.4) is 0 Å². The molecule has 2 N–H and O–H groups in total. The van der Waals surface area contributed by atoms with Crippen molar-refractivity contribution in [2.45, 2.75) is 38.6 Å². The van der Waals surface area contributed by atoms with Gasteiger partial charge in [-0.1, -0.05) is 24.3 Å². The fourth-order valence-corrected chi connectivity index (χ4v) is 2.93. The molecule has 3 nitrogen and oxygen atoms in total. The summed E-state index contributed by atoms with van der Waals surface area (Å²) in [6.07, 6.45) is 4.12. The number of aromatic nitrogens is 2. The molecule has 1 aromatic carbocycles. The fourth-order valence-electron chi connectivity index (χ4n) is 2.93. The minimum absolute atomic E-state index is 0.00934. The molecule has 3 heteroatoms. The predicted molar refractivity (Wildman–Crippen MR) is 76.0 cm³/mol. The number of rotatable bonds is 2. The van der Waals surface area contributed by atoms with E-state index in [1.165, 1.54) is 11.1 Å². The van der Waals surface area contributed by atoms with Crippen LogP contribution >= 0.6 is 0 Å². The van der Waals surface area contributed by atoms with E-state index in [0.29, 0.717) is 5.92 Å². The minimum Gasteiger partial charge on any atom is -0.324 e. The van der Waals surface area contributed by atoms with E-state index in [9.17, 15) is 0 Å². The molecular formula is C16H19N3. The highest BCUT2D eigenvalue weighted by Gasteiger charge is 2.26. The topological polar surface area (TPSA) is 51.8 Å². The Morgan fingerprint density at radius 3 is 2.84 bits per heavy atom. The second-order valence-corrected chi connectivity index (χ2v) is 5.35. The quantitative estimate of drug-likeness (QED) is 0.895. The highest BCUT2D eigenvalue weighted by atomic mass is 14.9. The van der Waals surface area contributed by atoms with E-state index in [0.717, 1.165) is 29.9 Å². The van der Waals surface area contributed by atoms with Gasteiger partial charge in [0.15, 0.2) is 0 Å². The Bertz CT molecular complexity index is 605. The van der Waals surface area contributed by atoms with Gasteiger partial charge in [0.2, 0.25) is 0 Å². The zero-order chi connectivity index (χ0) is 13.4. The van der Waals surface area contributed by atoms with E-state index in [1.807, 2.05) is 20.0 Å². The highest BCUT2D eigenvalue weighted by molar-refractivity contribution is 5.39. The first-order valence-electron chi connectivity index (χ1n) is 6.83. The number of hydrogen-bond acceptors (Lipinski definition) is 3. The molecular weight excluding hydrogens is 234 g/mol. The van der Waals surface area contributed by atoms with Crippen LogP contribution in [-0.4, -0.2) is 9.97 Å². The van der Waals surface area contributed by atoms with E-state index >= 15 is 0 Å². The standard InChI is InChI=1S/C16H19N3/c1-10(17)15-9-18-16(19-11(15)2)14-8-7-12-5-3-4-6-13(12)14/h3-6,9-10,14H,7-8,17H2,1-2H3/t10-,14?/m0/s1. The molecule has 1 aliphatic rings.